The molecule has 112 valence electrons. The van der Waals surface area contributed by atoms with Gasteiger partial charge >= 0.3 is 12.1 Å². The Labute approximate surface area is 118 Å². The number of nitrogens with zero attached hydrogens (tertiary/aromatic N) is 1. The van der Waals surface area contributed by atoms with Gasteiger partial charge < -0.3 is 9.47 Å². The number of esters is 1. The third-order valence-electron chi connectivity index (χ3n) is 4.25. The minimum Gasteiger partial charge on any atom is -0.464 e. The molecule has 2 aliphatic rings. The van der Waals surface area contributed by atoms with Gasteiger partial charge in [0.05, 0.1) is 13.7 Å². The number of likely N-dealkylation sites (tertiary alicyclic amines) is 1. The summed E-state index contributed by atoms with van der Waals surface area (Å²) in [6.07, 6.45) is 1.85. The van der Waals surface area contributed by atoms with Gasteiger partial charge in [-0.3, -0.25) is 9.69 Å². The summed E-state index contributed by atoms with van der Waals surface area (Å²) in [5.41, 5.74) is 0. The Hall–Kier alpha value is -1.59. The third-order valence-corrected chi connectivity index (χ3v) is 4.25. The predicted molar refractivity (Wildman–Crippen MR) is 70.0 cm³/mol. The van der Waals surface area contributed by atoms with E-state index in [0.717, 1.165) is 6.42 Å². The van der Waals surface area contributed by atoms with Crippen LogP contribution in [0.3, 0.4) is 0 Å². The lowest BCUT2D eigenvalue weighted by atomic mass is 9.72. The van der Waals surface area contributed by atoms with Crippen LogP contribution < -0.4 is 0 Å². The van der Waals surface area contributed by atoms with Crippen molar-refractivity contribution in [2.75, 3.05) is 20.3 Å². The molecular formula is C14H21NO5. The Morgan fingerprint density at radius 1 is 1.35 bits per heavy atom. The maximum atomic E-state index is 12.0. The van der Waals surface area contributed by atoms with Gasteiger partial charge in [-0.25, -0.2) is 9.59 Å². The topological polar surface area (TPSA) is 72.9 Å². The molecule has 0 bridgehead atoms. The number of carbonyl (C=O) groups excluding carboxylic acids is 3. The molecule has 2 rings (SSSR count). The van der Waals surface area contributed by atoms with Crippen LogP contribution in [0, 0.1) is 11.8 Å². The van der Waals surface area contributed by atoms with Crippen LogP contribution in [0.25, 0.3) is 0 Å². The van der Waals surface area contributed by atoms with Crippen LogP contribution in [-0.2, 0) is 19.1 Å². The first-order valence-electron chi connectivity index (χ1n) is 7.09. The van der Waals surface area contributed by atoms with E-state index < -0.39 is 18.1 Å². The number of amides is 1. The van der Waals surface area contributed by atoms with E-state index in [0.29, 0.717) is 25.8 Å². The number of Topliss-reactive ketones (excluding diaryl/α,β-unsaturated/α-hetero) is 1. The largest absolute Gasteiger partial charge is 0.464 e. The number of hydrogen-bond acceptors (Lipinski definition) is 5. The van der Waals surface area contributed by atoms with Crippen molar-refractivity contribution in [1.82, 2.24) is 4.90 Å². The Kier molecular flexibility index (Phi) is 4.62. The van der Waals surface area contributed by atoms with Crippen molar-refractivity contribution in [2.24, 2.45) is 11.8 Å². The average molecular weight is 283 g/mol. The summed E-state index contributed by atoms with van der Waals surface area (Å²) < 4.78 is 9.80. The van der Waals surface area contributed by atoms with Gasteiger partial charge in [0.2, 0.25) is 0 Å². The van der Waals surface area contributed by atoms with Crippen molar-refractivity contribution in [3.63, 3.8) is 0 Å². The van der Waals surface area contributed by atoms with Crippen LogP contribution in [0.15, 0.2) is 0 Å². The molecule has 0 spiro atoms. The first-order valence-corrected chi connectivity index (χ1v) is 7.09. The summed E-state index contributed by atoms with van der Waals surface area (Å²) >= 11 is 0. The number of piperidine rings is 1. The van der Waals surface area contributed by atoms with Crippen LogP contribution in [0.2, 0.25) is 0 Å². The summed E-state index contributed by atoms with van der Waals surface area (Å²) in [4.78, 5) is 36.9. The van der Waals surface area contributed by atoms with Gasteiger partial charge in [-0.2, -0.15) is 0 Å². The molecule has 0 aromatic heterocycles. The van der Waals surface area contributed by atoms with Gasteiger partial charge in [0.15, 0.2) is 0 Å². The summed E-state index contributed by atoms with van der Waals surface area (Å²) in [6, 6.07) is -0.630. The van der Waals surface area contributed by atoms with E-state index in [-0.39, 0.29) is 24.2 Å². The molecule has 1 aliphatic heterocycles. The van der Waals surface area contributed by atoms with Crippen molar-refractivity contribution in [1.29, 1.82) is 0 Å². The van der Waals surface area contributed by atoms with Crippen molar-refractivity contribution in [3.8, 4) is 0 Å². The van der Waals surface area contributed by atoms with Gasteiger partial charge in [0.25, 0.3) is 0 Å². The molecule has 1 aliphatic carbocycles. The molecule has 0 aromatic carbocycles. The number of fused-ring (bicyclic) bond motifs is 1. The maximum Gasteiger partial charge on any atom is 0.410 e. The fourth-order valence-electron chi connectivity index (χ4n) is 3.23. The first-order chi connectivity index (χ1) is 9.56. The second-order valence-corrected chi connectivity index (χ2v) is 5.43. The highest BCUT2D eigenvalue weighted by molar-refractivity contribution is 5.83. The zero-order valence-corrected chi connectivity index (χ0v) is 12.0. The fourth-order valence-corrected chi connectivity index (χ4v) is 3.23. The molecule has 0 aromatic rings. The van der Waals surface area contributed by atoms with Crippen molar-refractivity contribution in [3.05, 3.63) is 0 Å². The zero-order chi connectivity index (χ0) is 14.7. The molecule has 2 fully saturated rings. The molecule has 0 unspecified atom stereocenters. The van der Waals surface area contributed by atoms with Crippen LogP contribution in [0.4, 0.5) is 4.79 Å². The minimum atomic E-state index is -0.630. The molecule has 20 heavy (non-hydrogen) atoms. The summed E-state index contributed by atoms with van der Waals surface area (Å²) in [5.74, 6) is 0.291. The lowest BCUT2D eigenvalue weighted by Crippen LogP contribution is -2.55. The molecule has 1 heterocycles. The Balaban J connectivity index is 2.15. The number of ether oxygens (including phenoxy) is 2. The first kappa shape index (κ1) is 14.8. The number of carbonyl (C=O) groups is 3. The van der Waals surface area contributed by atoms with E-state index in [1.165, 1.54) is 12.0 Å². The highest BCUT2D eigenvalue weighted by Crippen LogP contribution is 2.37. The molecule has 0 radical (unpaired) electrons. The number of ketones is 1. The molecule has 6 heteroatoms. The monoisotopic (exact) mass is 283 g/mol. The van der Waals surface area contributed by atoms with Crippen LogP contribution in [-0.4, -0.2) is 49.0 Å². The molecule has 3 atom stereocenters. The van der Waals surface area contributed by atoms with Gasteiger partial charge in [0, 0.05) is 19.4 Å². The average Bonchev–Trinajstić information content (AvgIpc) is 2.45. The number of rotatable bonds is 2. The van der Waals surface area contributed by atoms with E-state index in [2.05, 4.69) is 0 Å². The summed E-state index contributed by atoms with van der Waals surface area (Å²) in [5, 5.41) is 0. The molecule has 6 nitrogen and oxygen atoms in total. The van der Waals surface area contributed by atoms with Crippen molar-refractivity contribution >= 4 is 17.8 Å². The number of hydrogen-bond donors (Lipinski definition) is 0. The summed E-state index contributed by atoms with van der Waals surface area (Å²) in [6.45, 7) is 2.47. The normalized spacial score (nSPS) is 29.6. The Morgan fingerprint density at radius 3 is 2.75 bits per heavy atom. The van der Waals surface area contributed by atoms with Gasteiger partial charge in [-0.05, 0) is 31.6 Å². The predicted octanol–water partition coefficient (Wildman–Crippen LogP) is 1.38. The molecular weight excluding hydrogens is 262 g/mol. The van der Waals surface area contributed by atoms with Crippen LogP contribution in [0.5, 0.6) is 0 Å². The van der Waals surface area contributed by atoms with Crippen molar-refractivity contribution in [2.45, 2.75) is 38.6 Å². The summed E-state index contributed by atoms with van der Waals surface area (Å²) in [7, 11) is 1.31. The fraction of sp³-hybridized carbons (Fsp3) is 0.786. The lowest BCUT2D eigenvalue weighted by Gasteiger charge is -2.43. The molecule has 1 saturated carbocycles. The SMILES string of the molecule is CCOC(=O)[C@@H]1C[C@@H]2CC(=O)CC[C@H]2CN1C(=O)OC. The van der Waals surface area contributed by atoms with E-state index in [1.807, 2.05) is 0 Å². The van der Waals surface area contributed by atoms with Crippen molar-refractivity contribution < 1.29 is 23.9 Å². The van der Waals surface area contributed by atoms with E-state index in [9.17, 15) is 14.4 Å². The highest BCUT2D eigenvalue weighted by atomic mass is 16.6. The zero-order valence-electron chi connectivity index (χ0n) is 12.0. The number of methoxy groups -OCH3 is 1. The van der Waals surface area contributed by atoms with E-state index in [4.69, 9.17) is 9.47 Å². The Morgan fingerprint density at radius 2 is 2.10 bits per heavy atom. The van der Waals surface area contributed by atoms with Gasteiger partial charge in [-0.1, -0.05) is 0 Å². The van der Waals surface area contributed by atoms with Crippen LogP contribution >= 0.6 is 0 Å². The van der Waals surface area contributed by atoms with Crippen LogP contribution in [0.1, 0.15) is 32.6 Å². The quantitative estimate of drug-likeness (QED) is 0.716. The molecule has 1 amide bonds. The molecule has 0 N–H and O–H groups in total. The maximum absolute atomic E-state index is 12.0. The smallest absolute Gasteiger partial charge is 0.410 e. The second kappa shape index (κ2) is 6.24. The highest BCUT2D eigenvalue weighted by Gasteiger charge is 2.44. The van der Waals surface area contributed by atoms with E-state index >= 15 is 0 Å². The minimum absolute atomic E-state index is 0.173. The van der Waals surface area contributed by atoms with E-state index in [1.54, 1.807) is 6.92 Å². The van der Waals surface area contributed by atoms with Gasteiger partial charge in [0.1, 0.15) is 11.8 Å². The van der Waals surface area contributed by atoms with Gasteiger partial charge in [-0.15, -0.1) is 0 Å². The standard InChI is InChI=1S/C14H21NO5/c1-3-20-13(17)12-7-10-6-11(16)5-4-9(10)8-15(12)14(18)19-2/h9-10,12H,3-8H2,1-2H3/t9-,10-,12-/m0/s1. The lowest BCUT2D eigenvalue weighted by molar-refractivity contribution is -0.153. The third kappa shape index (κ3) is 2.94. The Bertz CT molecular complexity index is 408. The second-order valence-electron chi connectivity index (χ2n) is 5.43. The molecule has 1 saturated heterocycles.